The highest BCUT2D eigenvalue weighted by molar-refractivity contribution is 5.68. The molecule has 22 heavy (non-hydrogen) atoms. The highest BCUT2D eigenvalue weighted by Gasteiger charge is 2.26. The molecule has 1 aromatic rings. The van der Waals surface area contributed by atoms with Gasteiger partial charge in [-0.15, -0.1) is 0 Å². The van der Waals surface area contributed by atoms with Gasteiger partial charge in [-0.3, -0.25) is 0 Å². The summed E-state index contributed by atoms with van der Waals surface area (Å²) in [5.41, 5.74) is -0.454. The standard InChI is InChI=1S/C17H28N2O3/c1-12(15-9-6-10-21-15)18-13-7-5-8-14(11-13)19-16(20)22-17(2,3)4/h6,9-10,12-14,18H,5,7-8,11H2,1-4H3,(H,19,20)/t12-,13?,14?/m1/s1. The molecule has 2 rings (SSSR count). The van der Waals surface area contributed by atoms with Crippen LogP contribution < -0.4 is 10.6 Å². The summed E-state index contributed by atoms with van der Waals surface area (Å²) >= 11 is 0. The minimum Gasteiger partial charge on any atom is -0.468 e. The van der Waals surface area contributed by atoms with E-state index in [2.05, 4.69) is 17.6 Å². The third-order valence-electron chi connectivity index (χ3n) is 3.85. The molecule has 2 N–H and O–H groups in total. The summed E-state index contributed by atoms with van der Waals surface area (Å²) in [5.74, 6) is 0.947. The van der Waals surface area contributed by atoms with Gasteiger partial charge < -0.3 is 19.8 Å². The summed E-state index contributed by atoms with van der Waals surface area (Å²) in [6.07, 6.45) is 5.52. The van der Waals surface area contributed by atoms with E-state index in [4.69, 9.17) is 9.15 Å². The van der Waals surface area contributed by atoms with E-state index < -0.39 is 5.60 Å². The van der Waals surface area contributed by atoms with Crippen molar-refractivity contribution in [3.05, 3.63) is 24.2 Å². The van der Waals surface area contributed by atoms with Crippen molar-refractivity contribution in [3.8, 4) is 0 Å². The number of carbonyl (C=O) groups excluding carboxylic acids is 1. The van der Waals surface area contributed by atoms with E-state index in [-0.39, 0.29) is 18.2 Å². The van der Waals surface area contributed by atoms with Gasteiger partial charge in [-0.25, -0.2) is 4.79 Å². The molecule has 3 atom stereocenters. The van der Waals surface area contributed by atoms with E-state index in [0.717, 1.165) is 31.4 Å². The van der Waals surface area contributed by atoms with E-state index in [9.17, 15) is 4.79 Å². The second kappa shape index (κ2) is 7.18. The molecule has 0 aromatic carbocycles. The Hall–Kier alpha value is -1.49. The van der Waals surface area contributed by atoms with Crippen molar-refractivity contribution < 1.29 is 13.9 Å². The van der Waals surface area contributed by atoms with Gasteiger partial charge in [-0.2, -0.15) is 0 Å². The van der Waals surface area contributed by atoms with Crippen molar-refractivity contribution >= 4 is 6.09 Å². The molecule has 5 heteroatoms. The first kappa shape index (κ1) is 16.9. The van der Waals surface area contributed by atoms with Crippen molar-refractivity contribution in [2.75, 3.05) is 0 Å². The second-order valence-electron chi connectivity index (χ2n) is 7.11. The molecule has 0 spiro atoms. The van der Waals surface area contributed by atoms with E-state index in [1.165, 1.54) is 0 Å². The summed E-state index contributed by atoms with van der Waals surface area (Å²) in [4.78, 5) is 11.9. The normalized spacial score (nSPS) is 23.8. The van der Waals surface area contributed by atoms with Gasteiger partial charge in [0.1, 0.15) is 11.4 Å². The largest absolute Gasteiger partial charge is 0.468 e. The first-order valence-corrected chi connectivity index (χ1v) is 8.12. The molecular formula is C17H28N2O3. The van der Waals surface area contributed by atoms with E-state index >= 15 is 0 Å². The number of nitrogens with one attached hydrogen (secondary N) is 2. The van der Waals surface area contributed by atoms with Crippen LogP contribution in [0.5, 0.6) is 0 Å². The van der Waals surface area contributed by atoms with E-state index in [1.54, 1.807) is 6.26 Å². The van der Waals surface area contributed by atoms with Gasteiger partial charge in [-0.05, 0) is 65.5 Å². The smallest absolute Gasteiger partial charge is 0.407 e. The van der Waals surface area contributed by atoms with E-state index in [0.29, 0.717) is 6.04 Å². The summed E-state index contributed by atoms with van der Waals surface area (Å²) in [6.45, 7) is 7.73. The maximum absolute atomic E-state index is 11.9. The molecule has 0 bridgehead atoms. The topological polar surface area (TPSA) is 63.5 Å². The zero-order chi connectivity index (χ0) is 16.2. The van der Waals surface area contributed by atoms with Crippen molar-refractivity contribution in [2.45, 2.75) is 77.1 Å². The van der Waals surface area contributed by atoms with Gasteiger partial charge >= 0.3 is 6.09 Å². The molecule has 0 aliphatic heterocycles. The fourth-order valence-electron chi connectivity index (χ4n) is 2.92. The zero-order valence-electron chi connectivity index (χ0n) is 14.0. The lowest BCUT2D eigenvalue weighted by atomic mass is 9.90. The van der Waals surface area contributed by atoms with Gasteiger partial charge in [0.15, 0.2) is 0 Å². The monoisotopic (exact) mass is 308 g/mol. The Kier molecular flexibility index (Phi) is 5.51. The van der Waals surface area contributed by atoms with Crippen LogP contribution >= 0.6 is 0 Å². The summed E-state index contributed by atoms with van der Waals surface area (Å²) in [7, 11) is 0. The third kappa shape index (κ3) is 5.37. The summed E-state index contributed by atoms with van der Waals surface area (Å²) in [5, 5.41) is 6.58. The van der Waals surface area contributed by atoms with Crippen LogP contribution in [0.4, 0.5) is 4.79 Å². The molecule has 1 aromatic heterocycles. The summed E-state index contributed by atoms with van der Waals surface area (Å²) in [6, 6.07) is 4.62. The Balaban J connectivity index is 1.80. The highest BCUT2D eigenvalue weighted by Crippen LogP contribution is 2.22. The number of furan rings is 1. The van der Waals surface area contributed by atoms with Crippen molar-refractivity contribution in [3.63, 3.8) is 0 Å². The van der Waals surface area contributed by atoms with Crippen molar-refractivity contribution in [1.29, 1.82) is 0 Å². The van der Waals surface area contributed by atoms with E-state index in [1.807, 2.05) is 32.9 Å². The van der Waals surface area contributed by atoms with Crippen LogP contribution in [-0.4, -0.2) is 23.8 Å². The maximum Gasteiger partial charge on any atom is 0.407 e. The molecule has 5 nitrogen and oxygen atoms in total. The average Bonchev–Trinajstić information content (AvgIpc) is 2.90. The third-order valence-corrected chi connectivity index (χ3v) is 3.85. The number of alkyl carbamates (subject to hydrolysis) is 1. The molecule has 2 unspecified atom stereocenters. The predicted octanol–water partition coefficient (Wildman–Crippen LogP) is 3.77. The number of hydrogen-bond acceptors (Lipinski definition) is 4. The first-order valence-electron chi connectivity index (χ1n) is 8.12. The van der Waals surface area contributed by atoms with Crippen LogP contribution in [0.2, 0.25) is 0 Å². The van der Waals surface area contributed by atoms with Crippen LogP contribution in [-0.2, 0) is 4.74 Å². The van der Waals surface area contributed by atoms with Crippen LogP contribution in [0.3, 0.4) is 0 Å². The number of carbonyl (C=O) groups is 1. The SMILES string of the molecule is C[C@@H](NC1CCCC(NC(=O)OC(C)(C)C)C1)c1ccco1. The lowest BCUT2D eigenvalue weighted by molar-refractivity contribution is 0.0488. The van der Waals surface area contributed by atoms with Gasteiger partial charge in [0.05, 0.1) is 12.3 Å². The second-order valence-corrected chi connectivity index (χ2v) is 7.11. The fraction of sp³-hybridized carbons (Fsp3) is 0.706. The van der Waals surface area contributed by atoms with Crippen LogP contribution in [0.1, 0.15) is 65.2 Å². The average molecular weight is 308 g/mol. The lowest BCUT2D eigenvalue weighted by Gasteiger charge is -2.32. The number of rotatable bonds is 4. The summed E-state index contributed by atoms with van der Waals surface area (Å²) < 4.78 is 10.8. The quantitative estimate of drug-likeness (QED) is 0.889. The highest BCUT2D eigenvalue weighted by atomic mass is 16.6. The molecule has 0 radical (unpaired) electrons. The van der Waals surface area contributed by atoms with Crippen LogP contribution in [0.15, 0.2) is 22.8 Å². The Labute approximate surface area is 132 Å². The van der Waals surface area contributed by atoms with Gasteiger partial charge in [0, 0.05) is 12.1 Å². The number of ether oxygens (including phenoxy) is 1. The lowest BCUT2D eigenvalue weighted by Crippen LogP contribution is -2.46. The van der Waals surface area contributed by atoms with Crippen LogP contribution in [0, 0.1) is 0 Å². The van der Waals surface area contributed by atoms with Gasteiger partial charge in [0.25, 0.3) is 0 Å². The molecule has 1 saturated carbocycles. The van der Waals surface area contributed by atoms with Gasteiger partial charge in [0.2, 0.25) is 0 Å². The fourth-order valence-corrected chi connectivity index (χ4v) is 2.92. The molecule has 124 valence electrons. The maximum atomic E-state index is 11.9. The molecule has 1 aliphatic carbocycles. The Morgan fingerprint density at radius 1 is 1.36 bits per heavy atom. The molecule has 1 heterocycles. The minimum atomic E-state index is -0.454. The number of hydrogen-bond donors (Lipinski definition) is 2. The van der Waals surface area contributed by atoms with Gasteiger partial charge in [-0.1, -0.05) is 0 Å². The molecule has 1 fully saturated rings. The zero-order valence-corrected chi connectivity index (χ0v) is 14.0. The Morgan fingerprint density at radius 2 is 2.09 bits per heavy atom. The predicted molar refractivity (Wildman–Crippen MR) is 85.7 cm³/mol. The van der Waals surface area contributed by atoms with Crippen molar-refractivity contribution in [1.82, 2.24) is 10.6 Å². The van der Waals surface area contributed by atoms with Crippen LogP contribution in [0.25, 0.3) is 0 Å². The van der Waals surface area contributed by atoms with Crippen molar-refractivity contribution in [2.24, 2.45) is 0 Å². The molecule has 0 saturated heterocycles. The molecular weight excluding hydrogens is 280 g/mol. The Bertz CT molecular complexity index is 465. The first-order chi connectivity index (χ1) is 10.3. The Morgan fingerprint density at radius 3 is 2.73 bits per heavy atom. The number of amides is 1. The molecule has 1 aliphatic rings. The molecule has 1 amide bonds. The minimum absolute atomic E-state index is 0.171.